The van der Waals surface area contributed by atoms with Crippen LogP contribution in [0.1, 0.15) is 4.88 Å². The second-order valence-corrected chi connectivity index (χ2v) is 6.86. The molecule has 0 spiro atoms. The molecule has 5 N–H and O–H groups in total. The number of nitrogen functional groups attached to an aromatic ring is 2. The highest BCUT2D eigenvalue weighted by Gasteiger charge is 2.21. The molecule has 0 radical (unpaired) electrons. The molecule has 0 unspecified atom stereocenters. The van der Waals surface area contributed by atoms with Crippen molar-refractivity contribution in [2.75, 3.05) is 18.5 Å². The lowest BCUT2D eigenvalue weighted by molar-refractivity contribution is 0.203. The third-order valence-corrected chi connectivity index (χ3v) is 4.90. The number of halogens is 1. The van der Waals surface area contributed by atoms with E-state index in [1.54, 1.807) is 28.4 Å². The van der Waals surface area contributed by atoms with Crippen LogP contribution >= 0.6 is 11.3 Å². The van der Waals surface area contributed by atoms with E-state index in [1.807, 2.05) is 0 Å². The van der Waals surface area contributed by atoms with Crippen LogP contribution in [0.4, 0.5) is 20.8 Å². The van der Waals surface area contributed by atoms with E-state index in [4.69, 9.17) is 16.2 Å². The van der Waals surface area contributed by atoms with Crippen molar-refractivity contribution in [2.45, 2.75) is 6.54 Å². The van der Waals surface area contributed by atoms with Gasteiger partial charge < -0.3 is 21.5 Å². The van der Waals surface area contributed by atoms with Crippen LogP contribution < -0.4 is 21.5 Å². The molecule has 0 saturated carbocycles. The Morgan fingerprint density at radius 1 is 1.31 bits per heavy atom. The van der Waals surface area contributed by atoms with E-state index in [-0.39, 0.29) is 35.6 Å². The van der Waals surface area contributed by atoms with Crippen LogP contribution in [-0.2, 0) is 6.54 Å². The van der Waals surface area contributed by atoms with Crippen molar-refractivity contribution in [1.82, 2.24) is 30.0 Å². The summed E-state index contributed by atoms with van der Waals surface area (Å²) in [6, 6.07) is 4.92. The number of nitrogens with zero attached hydrogens (tertiary/aromatic N) is 5. The van der Waals surface area contributed by atoms with Gasteiger partial charge in [-0.15, -0.1) is 11.3 Å². The lowest BCUT2D eigenvalue weighted by Crippen LogP contribution is -2.23. The topological polar surface area (TPSA) is 147 Å². The molecule has 0 saturated heterocycles. The fraction of sp³-hybridized carbons (Fsp3) is 0.118. The van der Waals surface area contributed by atoms with Crippen LogP contribution in [0.15, 0.2) is 29.8 Å². The average Bonchev–Trinajstić information content (AvgIpc) is 3.28. The number of pyridine rings is 1. The first-order chi connectivity index (χ1) is 14.0. The van der Waals surface area contributed by atoms with Crippen molar-refractivity contribution in [3.05, 3.63) is 40.5 Å². The minimum Gasteiger partial charge on any atom is -0.402 e. The van der Waals surface area contributed by atoms with Gasteiger partial charge in [-0.3, -0.25) is 0 Å². The molecule has 4 aromatic rings. The SMILES string of the molecule is CNC(=O)Oc1c(N)nc(-c2nn(Cc3sccc3F)c3ncccc23)nc1N. The Bertz CT molecular complexity index is 1200. The molecular weight excluding hydrogens is 399 g/mol. The molecule has 29 heavy (non-hydrogen) atoms. The van der Waals surface area contributed by atoms with Gasteiger partial charge in [0.15, 0.2) is 23.1 Å². The van der Waals surface area contributed by atoms with Gasteiger partial charge in [-0.1, -0.05) is 0 Å². The van der Waals surface area contributed by atoms with Crippen molar-refractivity contribution in [3.63, 3.8) is 0 Å². The maximum absolute atomic E-state index is 13.9. The molecule has 0 aliphatic rings. The molecule has 1 amide bonds. The van der Waals surface area contributed by atoms with E-state index in [0.29, 0.717) is 21.6 Å². The number of thiophene rings is 1. The Balaban J connectivity index is 1.80. The number of aromatic nitrogens is 5. The number of nitrogens with two attached hydrogens (primary N) is 2. The quantitative estimate of drug-likeness (QED) is 0.459. The van der Waals surface area contributed by atoms with Crippen LogP contribution in [0.3, 0.4) is 0 Å². The third kappa shape index (κ3) is 3.40. The summed E-state index contributed by atoms with van der Waals surface area (Å²) in [5, 5.41) is 9.10. The van der Waals surface area contributed by atoms with Crippen LogP contribution in [0.5, 0.6) is 5.75 Å². The maximum Gasteiger partial charge on any atom is 0.412 e. The first-order valence-corrected chi connectivity index (χ1v) is 9.22. The Labute approximate surface area is 167 Å². The molecule has 0 aliphatic heterocycles. The molecule has 0 aliphatic carbocycles. The molecule has 10 nitrogen and oxygen atoms in total. The summed E-state index contributed by atoms with van der Waals surface area (Å²) in [7, 11) is 1.39. The minimum absolute atomic E-state index is 0.119. The summed E-state index contributed by atoms with van der Waals surface area (Å²) in [6.07, 6.45) is 0.857. The fourth-order valence-electron chi connectivity index (χ4n) is 2.70. The molecule has 0 aromatic carbocycles. The van der Waals surface area contributed by atoms with Crippen molar-refractivity contribution in [1.29, 1.82) is 0 Å². The maximum atomic E-state index is 13.9. The fourth-order valence-corrected chi connectivity index (χ4v) is 3.43. The predicted molar refractivity (Wildman–Crippen MR) is 106 cm³/mol. The van der Waals surface area contributed by atoms with E-state index in [0.717, 1.165) is 0 Å². The van der Waals surface area contributed by atoms with Gasteiger partial charge >= 0.3 is 6.09 Å². The molecule has 0 fully saturated rings. The van der Waals surface area contributed by atoms with E-state index in [2.05, 4.69) is 25.4 Å². The summed E-state index contributed by atoms with van der Waals surface area (Å²) in [5.41, 5.74) is 12.7. The van der Waals surface area contributed by atoms with Gasteiger partial charge in [-0.2, -0.15) is 5.10 Å². The highest BCUT2D eigenvalue weighted by atomic mass is 32.1. The third-order valence-electron chi connectivity index (χ3n) is 4.02. The molecule has 12 heteroatoms. The molecule has 4 heterocycles. The van der Waals surface area contributed by atoms with Crippen molar-refractivity contribution in [3.8, 4) is 17.3 Å². The molecule has 148 valence electrons. The summed E-state index contributed by atoms with van der Waals surface area (Å²) in [6.45, 7) is 0.194. The highest BCUT2D eigenvalue weighted by molar-refractivity contribution is 7.09. The van der Waals surface area contributed by atoms with Gasteiger partial charge in [0.05, 0.1) is 16.8 Å². The van der Waals surface area contributed by atoms with Crippen LogP contribution in [0.2, 0.25) is 0 Å². The van der Waals surface area contributed by atoms with Gasteiger partial charge in [0.25, 0.3) is 0 Å². The highest BCUT2D eigenvalue weighted by Crippen LogP contribution is 2.32. The minimum atomic E-state index is -0.753. The molecule has 4 rings (SSSR count). The molecular formula is C17H15FN8O2S. The number of amides is 1. The molecule has 4 aromatic heterocycles. The van der Waals surface area contributed by atoms with E-state index >= 15 is 0 Å². The van der Waals surface area contributed by atoms with E-state index in [9.17, 15) is 9.18 Å². The summed E-state index contributed by atoms with van der Waals surface area (Å²) >= 11 is 1.28. The number of carbonyl (C=O) groups excluding carboxylic acids is 1. The standard InChI is InChI=1S/C17H15FN8O2S/c1-21-17(27)28-12-13(19)23-15(24-14(12)20)11-8-3-2-5-22-16(8)26(25-11)7-10-9(18)4-6-29-10/h2-6H,7H2,1H3,(H,21,27)(H4,19,20,23,24). The largest absolute Gasteiger partial charge is 0.412 e. The smallest absolute Gasteiger partial charge is 0.402 e. The monoisotopic (exact) mass is 414 g/mol. The van der Waals surface area contributed by atoms with E-state index < -0.39 is 6.09 Å². The lowest BCUT2D eigenvalue weighted by atomic mass is 10.2. The first-order valence-electron chi connectivity index (χ1n) is 8.34. The zero-order valence-electron chi connectivity index (χ0n) is 15.1. The Morgan fingerprint density at radius 3 is 2.72 bits per heavy atom. The van der Waals surface area contributed by atoms with Gasteiger partial charge in [0, 0.05) is 13.2 Å². The summed E-state index contributed by atoms with van der Waals surface area (Å²) in [4.78, 5) is 24.6. The van der Waals surface area contributed by atoms with Gasteiger partial charge in [-0.25, -0.2) is 28.8 Å². The van der Waals surface area contributed by atoms with Crippen molar-refractivity contribution in [2.24, 2.45) is 0 Å². The second-order valence-electron chi connectivity index (χ2n) is 5.86. The van der Waals surface area contributed by atoms with Crippen LogP contribution in [0.25, 0.3) is 22.6 Å². The summed E-state index contributed by atoms with van der Waals surface area (Å²) in [5.74, 6) is -0.557. The van der Waals surface area contributed by atoms with Crippen molar-refractivity contribution < 1.29 is 13.9 Å². The predicted octanol–water partition coefficient (Wildman–Crippen LogP) is 2.02. The Morgan fingerprint density at radius 2 is 2.07 bits per heavy atom. The van der Waals surface area contributed by atoms with Gasteiger partial charge in [-0.05, 0) is 23.6 Å². The number of hydrogen-bond donors (Lipinski definition) is 3. The number of ether oxygens (including phenoxy) is 1. The second kappa shape index (κ2) is 7.31. The van der Waals surface area contributed by atoms with Crippen LogP contribution in [0, 0.1) is 5.82 Å². The number of nitrogens with one attached hydrogen (secondary N) is 1. The van der Waals surface area contributed by atoms with Crippen LogP contribution in [-0.4, -0.2) is 37.9 Å². The van der Waals surface area contributed by atoms with Crippen molar-refractivity contribution >= 4 is 40.1 Å². The number of anilines is 2. The van der Waals surface area contributed by atoms with Gasteiger partial charge in [0.2, 0.25) is 5.75 Å². The number of carbonyl (C=O) groups is 1. The number of fused-ring (bicyclic) bond motifs is 1. The number of rotatable bonds is 4. The van der Waals surface area contributed by atoms with E-state index in [1.165, 1.54) is 24.5 Å². The summed E-state index contributed by atoms with van der Waals surface area (Å²) < 4.78 is 20.4. The molecule has 0 atom stereocenters. The first kappa shape index (κ1) is 18.6. The lowest BCUT2D eigenvalue weighted by Gasteiger charge is -2.09. The molecule has 0 bridgehead atoms. The average molecular weight is 414 g/mol. The zero-order chi connectivity index (χ0) is 20.5. The Hall–Kier alpha value is -3.80. The normalized spacial score (nSPS) is 11.0. The van der Waals surface area contributed by atoms with Gasteiger partial charge in [0.1, 0.15) is 11.5 Å². The zero-order valence-corrected chi connectivity index (χ0v) is 15.9. The Kier molecular flexibility index (Phi) is 4.68. The number of hydrogen-bond acceptors (Lipinski definition) is 9.